The lowest BCUT2D eigenvalue weighted by Gasteiger charge is -2.37. The molecule has 7 heteroatoms. The van der Waals surface area contributed by atoms with Crippen LogP contribution in [0.1, 0.15) is 0 Å². The summed E-state index contributed by atoms with van der Waals surface area (Å²) in [6, 6.07) is 71.0. The largest absolute Gasteiger partial charge is 0.458 e. The van der Waals surface area contributed by atoms with Gasteiger partial charge >= 0.3 is 0 Å². The van der Waals surface area contributed by atoms with E-state index in [1.807, 2.05) is 11.8 Å². The second-order valence-corrected chi connectivity index (χ2v) is 17.0. The summed E-state index contributed by atoms with van der Waals surface area (Å²) >= 11 is 1.81. The Morgan fingerprint density at radius 1 is 0.328 bits per heavy atom. The van der Waals surface area contributed by atoms with Gasteiger partial charge in [-0.2, -0.15) is 0 Å². The number of hydrogen-bond donors (Lipinski definition) is 0. The standard InChI is InChI=1S/C54H33B2NO3S/c1-4-16-34(17-5-1)39-22-10-11-23-40(39)35-28-48-54-52(29-35)61-51-33-47-43(32-44(51)56(54)42-25-13-15-27-46(42)58-48)55-41-24-12-14-26-45(41)59-49-30-38(31-50(60-47)53(49)55)57(36-18-6-2-7-19-36)37-20-8-3-9-21-37/h1-33H. The van der Waals surface area contributed by atoms with Crippen LogP contribution in [0.3, 0.4) is 0 Å². The Morgan fingerprint density at radius 2 is 0.836 bits per heavy atom. The molecule has 9 aromatic rings. The zero-order valence-electron chi connectivity index (χ0n) is 32.8. The fourth-order valence-electron chi connectivity index (χ4n) is 9.86. The Balaban J connectivity index is 0.996. The average molecular weight is 798 g/mol. The zero-order chi connectivity index (χ0) is 40.0. The van der Waals surface area contributed by atoms with E-state index in [-0.39, 0.29) is 13.4 Å². The van der Waals surface area contributed by atoms with Gasteiger partial charge in [0.2, 0.25) is 0 Å². The maximum absolute atomic E-state index is 7.15. The van der Waals surface area contributed by atoms with Gasteiger partial charge in [-0.3, -0.25) is 0 Å². The van der Waals surface area contributed by atoms with E-state index in [1.165, 1.54) is 42.9 Å². The molecule has 0 saturated carbocycles. The monoisotopic (exact) mass is 797 g/mol. The highest BCUT2D eigenvalue weighted by molar-refractivity contribution is 8.00. The highest BCUT2D eigenvalue weighted by Gasteiger charge is 2.45. The summed E-state index contributed by atoms with van der Waals surface area (Å²) in [5, 5.41) is 0. The minimum absolute atomic E-state index is 0.0152. The van der Waals surface area contributed by atoms with Crippen molar-refractivity contribution in [2.75, 3.05) is 4.90 Å². The molecule has 4 nitrogen and oxygen atoms in total. The number of fused-ring (bicyclic) bond motifs is 8. The molecule has 0 radical (unpaired) electrons. The van der Waals surface area contributed by atoms with E-state index >= 15 is 0 Å². The van der Waals surface area contributed by atoms with Crippen LogP contribution in [-0.2, 0) is 0 Å². The minimum atomic E-state index is -0.0854. The van der Waals surface area contributed by atoms with E-state index in [9.17, 15) is 0 Å². The lowest BCUT2D eigenvalue weighted by atomic mass is 9.32. The summed E-state index contributed by atoms with van der Waals surface area (Å²) in [5.74, 6) is 5.13. The van der Waals surface area contributed by atoms with Crippen LogP contribution in [0.4, 0.5) is 17.1 Å². The van der Waals surface area contributed by atoms with Crippen LogP contribution in [0, 0.1) is 0 Å². The molecule has 0 bridgehead atoms. The first-order valence-corrected chi connectivity index (χ1v) is 21.5. The molecular weight excluding hydrogens is 764 g/mol. The highest BCUT2D eigenvalue weighted by atomic mass is 32.2. The molecule has 13 rings (SSSR count). The zero-order valence-corrected chi connectivity index (χ0v) is 33.6. The van der Waals surface area contributed by atoms with Crippen LogP contribution in [0.15, 0.2) is 210 Å². The number of para-hydroxylation sites is 4. The second-order valence-electron chi connectivity index (χ2n) is 15.9. The van der Waals surface area contributed by atoms with Gasteiger partial charge in [0.05, 0.1) is 5.69 Å². The van der Waals surface area contributed by atoms with Crippen molar-refractivity contribution in [2.45, 2.75) is 9.79 Å². The van der Waals surface area contributed by atoms with Crippen LogP contribution in [0.25, 0.3) is 22.3 Å². The van der Waals surface area contributed by atoms with Crippen molar-refractivity contribution in [1.29, 1.82) is 0 Å². The van der Waals surface area contributed by atoms with Gasteiger partial charge in [0, 0.05) is 38.8 Å². The third-order valence-corrected chi connectivity index (χ3v) is 13.6. The van der Waals surface area contributed by atoms with Crippen LogP contribution in [0.5, 0.6) is 34.5 Å². The highest BCUT2D eigenvalue weighted by Crippen LogP contribution is 2.46. The molecule has 4 aliphatic rings. The maximum atomic E-state index is 7.15. The Kier molecular flexibility index (Phi) is 7.69. The summed E-state index contributed by atoms with van der Waals surface area (Å²) in [4.78, 5) is 4.64. The van der Waals surface area contributed by atoms with E-state index in [4.69, 9.17) is 14.2 Å². The van der Waals surface area contributed by atoms with Crippen LogP contribution in [0.2, 0.25) is 0 Å². The van der Waals surface area contributed by atoms with E-state index in [1.54, 1.807) is 0 Å². The Bertz CT molecular complexity index is 3190. The van der Waals surface area contributed by atoms with Crippen LogP contribution >= 0.6 is 11.8 Å². The fraction of sp³-hybridized carbons (Fsp3) is 0. The van der Waals surface area contributed by atoms with Gasteiger partial charge in [-0.05, 0) is 98.7 Å². The summed E-state index contributed by atoms with van der Waals surface area (Å²) in [5.41, 5.74) is 14.7. The van der Waals surface area contributed by atoms with E-state index in [2.05, 4.69) is 205 Å². The van der Waals surface area contributed by atoms with Crippen molar-refractivity contribution >= 4 is 75.0 Å². The third kappa shape index (κ3) is 5.44. The molecule has 4 aliphatic heterocycles. The van der Waals surface area contributed by atoms with Gasteiger partial charge in [-0.15, -0.1) is 0 Å². The topological polar surface area (TPSA) is 30.9 Å². The minimum Gasteiger partial charge on any atom is -0.458 e. The average Bonchev–Trinajstić information content (AvgIpc) is 3.31. The molecule has 4 heterocycles. The van der Waals surface area contributed by atoms with Gasteiger partial charge in [-0.25, -0.2) is 0 Å². The number of ether oxygens (including phenoxy) is 3. The normalized spacial score (nSPS) is 13.2. The van der Waals surface area contributed by atoms with Crippen LogP contribution in [-0.4, -0.2) is 13.4 Å². The Morgan fingerprint density at radius 3 is 1.48 bits per heavy atom. The molecule has 0 N–H and O–H groups in total. The smallest absolute Gasteiger partial charge is 0.260 e. The van der Waals surface area contributed by atoms with Crippen molar-refractivity contribution in [1.82, 2.24) is 0 Å². The van der Waals surface area contributed by atoms with Gasteiger partial charge in [0.25, 0.3) is 13.4 Å². The quantitative estimate of drug-likeness (QED) is 0.162. The van der Waals surface area contributed by atoms with E-state index in [0.29, 0.717) is 0 Å². The fourth-order valence-corrected chi connectivity index (χ4v) is 11.1. The lowest BCUT2D eigenvalue weighted by molar-refractivity contribution is 0.464. The number of hydrogen-bond acceptors (Lipinski definition) is 5. The molecule has 0 spiro atoms. The van der Waals surface area contributed by atoms with Gasteiger partial charge in [0.15, 0.2) is 0 Å². The van der Waals surface area contributed by atoms with Crippen molar-refractivity contribution in [3.63, 3.8) is 0 Å². The summed E-state index contributed by atoms with van der Waals surface area (Å²) in [6.45, 7) is -0.101. The molecule has 61 heavy (non-hydrogen) atoms. The Labute approximate surface area is 359 Å². The predicted octanol–water partition coefficient (Wildman–Crippen LogP) is 10.3. The predicted molar refractivity (Wildman–Crippen MR) is 251 cm³/mol. The second kappa shape index (κ2) is 13.6. The molecule has 0 saturated heterocycles. The number of benzene rings is 9. The molecule has 0 fully saturated rings. The van der Waals surface area contributed by atoms with E-state index < -0.39 is 0 Å². The Hall–Kier alpha value is -7.34. The van der Waals surface area contributed by atoms with Crippen LogP contribution < -0.4 is 51.9 Å². The molecule has 284 valence electrons. The van der Waals surface area contributed by atoms with Gasteiger partial charge < -0.3 is 19.1 Å². The molecule has 0 aliphatic carbocycles. The molecule has 0 atom stereocenters. The molecule has 9 aromatic carbocycles. The summed E-state index contributed by atoms with van der Waals surface area (Å²) < 4.78 is 20.8. The van der Waals surface area contributed by atoms with E-state index in [0.717, 1.165) is 73.5 Å². The molecule has 0 aromatic heterocycles. The van der Waals surface area contributed by atoms with Gasteiger partial charge in [-0.1, -0.05) is 151 Å². The summed E-state index contributed by atoms with van der Waals surface area (Å²) in [7, 11) is 0. The summed E-state index contributed by atoms with van der Waals surface area (Å²) in [6.07, 6.45) is 0. The SMILES string of the molecule is c1ccc(-c2ccccc2-c2cc3c4c(c2)Sc2cc5c(cc2B4c2ccccc2O3)B2c3ccccc3Oc3cc(N(c4ccccc4)c4ccccc4)cc(c32)O5)cc1. The number of rotatable bonds is 5. The number of nitrogens with zero attached hydrogens (tertiary/aromatic N) is 1. The maximum Gasteiger partial charge on any atom is 0.260 e. The first-order chi connectivity index (χ1) is 30.2. The van der Waals surface area contributed by atoms with Crippen molar-refractivity contribution in [2.24, 2.45) is 0 Å². The van der Waals surface area contributed by atoms with Crippen molar-refractivity contribution < 1.29 is 14.2 Å². The van der Waals surface area contributed by atoms with Gasteiger partial charge in [0.1, 0.15) is 34.5 Å². The first kappa shape index (κ1) is 34.5. The molecule has 0 unspecified atom stereocenters. The third-order valence-electron chi connectivity index (χ3n) is 12.5. The van der Waals surface area contributed by atoms with Crippen molar-refractivity contribution in [3.8, 4) is 56.8 Å². The number of anilines is 3. The molecular formula is C54H33B2NO3S. The first-order valence-electron chi connectivity index (χ1n) is 20.7. The van der Waals surface area contributed by atoms with Crippen molar-refractivity contribution in [3.05, 3.63) is 200 Å². The lowest BCUT2D eigenvalue weighted by Crippen LogP contribution is -2.61. The molecule has 0 amide bonds.